The van der Waals surface area contributed by atoms with E-state index >= 15 is 0 Å². The summed E-state index contributed by atoms with van der Waals surface area (Å²) in [5.41, 5.74) is 4.19. The molecule has 0 saturated carbocycles. The summed E-state index contributed by atoms with van der Waals surface area (Å²) in [6.45, 7) is 3.69. The molecular weight excluding hydrogens is 270 g/mol. The molecule has 0 radical (unpaired) electrons. The first-order valence-electron chi connectivity index (χ1n) is 6.39. The Balaban J connectivity index is 2.40. The van der Waals surface area contributed by atoms with Crippen LogP contribution in [0.15, 0.2) is 18.2 Å². The van der Waals surface area contributed by atoms with Gasteiger partial charge in [0, 0.05) is 29.4 Å². The second-order valence-corrected chi connectivity index (χ2v) is 4.46. The van der Waals surface area contributed by atoms with Crippen LogP contribution in [0.3, 0.4) is 0 Å². The monoisotopic (exact) mass is 289 g/mol. The number of aryl methyl sites for hydroxylation is 1. The number of anilines is 3. The Hall–Kier alpha value is -2.54. The van der Waals surface area contributed by atoms with Gasteiger partial charge in [0.25, 0.3) is 0 Å². The molecule has 0 aliphatic carbocycles. The van der Waals surface area contributed by atoms with E-state index in [1.54, 1.807) is 27.2 Å². The highest BCUT2D eigenvalue weighted by Gasteiger charge is 2.10. The van der Waals surface area contributed by atoms with E-state index in [4.69, 9.17) is 15.3 Å². The quantitative estimate of drug-likeness (QED) is 0.573. The van der Waals surface area contributed by atoms with Crippen LogP contribution in [0.1, 0.15) is 11.4 Å². The van der Waals surface area contributed by atoms with Crippen LogP contribution in [0.2, 0.25) is 0 Å². The van der Waals surface area contributed by atoms with Crippen molar-refractivity contribution in [3.05, 3.63) is 29.6 Å². The highest BCUT2D eigenvalue weighted by atomic mass is 16.5. The summed E-state index contributed by atoms with van der Waals surface area (Å²) in [5, 5.41) is 3.23. The van der Waals surface area contributed by atoms with E-state index in [2.05, 4.69) is 20.7 Å². The smallest absolute Gasteiger partial charge is 0.148 e. The fourth-order valence-electron chi connectivity index (χ4n) is 1.91. The van der Waals surface area contributed by atoms with Crippen LogP contribution in [-0.2, 0) is 0 Å². The molecule has 0 unspecified atom stereocenters. The predicted molar refractivity (Wildman–Crippen MR) is 82.1 cm³/mol. The zero-order valence-corrected chi connectivity index (χ0v) is 12.5. The molecule has 112 valence electrons. The number of ether oxygens (including phenoxy) is 2. The van der Waals surface area contributed by atoms with Gasteiger partial charge < -0.3 is 20.2 Å². The molecule has 0 saturated heterocycles. The molecule has 21 heavy (non-hydrogen) atoms. The maximum atomic E-state index is 5.47. The Bertz CT molecular complexity index is 623. The molecule has 7 nitrogen and oxygen atoms in total. The number of nitrogens with zero attached hydrogens (tertiary/aromatic N) is 2. The van der Waals surface area contributed by atoms with E-state index in [0.29, 0.717) is 29.0 Å². The van der Waals surface area contributed by atoms with Crippen LogP contribution in [-0.4, -0.2) is 24.2 Å². The van der Waals surface area contributed by atoms with Gasteiger partial charge in [0.2, 0.25) is 0 Å². The first kappa shape index (κ1) is 14.9. The zero-order valence-electron chi connectivity index (χ0n) is 12.5. The number of hydrogen-bond donors (Lipinski definition) is 3. The average Bonchev–Trinajstić information content (AvgIpc) is 2.50. The van der Waals surface area contributed by atoms with Gasteiger partial charge in [0.05, 0.1) is 14.2 Å². The summed E-state index contributed by atoms with van der Waals surface area (Å²) >= 11 is 0. The van der Waals surface area contributed by atoms with Crippen molar-refractivity contribution in [2.45, 2.75) is 13.8 Å². The van der Waals surface area contributed by atoms with Gasteiger partial charge in [-0.15, -0.1) is 0 Å². The van der Waals surface area contributed by atoms with Crippen molar-refractivity contribution in [1.82, 2.24) is 9.97 Å². The van der Waals surface area contributed by atoms with Crippen molar-refractivity contribution in [2.24, 2.45) is 5.84 Å². The molecule has 1 heterocycles. The number of benzene rings is 1. The molecule has 4 N–H and O–H groups in total. The molecule has 0 bridgehead atoms. The lowest BCUT2D eigenvalue weighted by Gasteiger charge is -2.14. The number of aromatic nitrogens is 2. The van der Waals surface area contributed by atoms with Crippen molar-refractivity contribution in [1.29, 1.82) is 0 Å². The van der Waals surface area contributed by atoms with Crippen LogP contribution in [0, 0.1) is 13.8 Å². The van der Waals surface area contributed by atoms with Crippen molar-refractivity contribution in [3.63, 3.8) is 0 Å². The lowest BCUT2D eigenvalue weighted by atomic mass is 10.2. The average molecular weight is 289 g/mol. The minimum atomic E-state index is 0.583. The number of hydrazine groups is 1. The minimum absolute atomic E-state index is 0.583. The van der Waals surface area contributed by atoms with E-state index in [0.717, 1.165) is 11.3 Å². The molecule has 0 spiro atoms. The van der Waals surface area contributed by atoms with Crippen LogP contribution < -0.4 is 26.1 Å². The molecule has 0 aliphatic rings. The van der Waals surface area contributed by atoms with Crippen molar-refractivity contribution in [3.8, 4) is 11.5 Å². The molecular formula is C14H19N5O2. The predicted octanol–water partition coefficient (Wildman–Crippen LogP) is 2.14. The van der Waals surface area contributed by atoms with Gasteiger partial charge in [0.1, 0.15) is 29.0 Å². The van der Waals surface area contributed by atoms with Crippen molar-refractivity contribution >= 4 is 17.3 Å². The number of nitrogens with two attached hydrogens (primary N) is 1. The SMILES string of the molecule is COc1cc(Nc2nc(C)nc(NN)c2C)cc(OC)c1. The maximum Gasteiger partial charge on any atom is 0.148 e. The molecule has 2 aromatic rings. The Morgan fingerprint density at radius 1 is 0.952 bits per heavy atom. The second-order valence-electron chi connectivity index (χ2n) is 4.46. The number of methoxy groups -OCH3 is 2. The number of hydrogen-bond acceptors (Lipinski definition) is 7. The molecule has 0 fully saturated rings. The summed E-state index contributed by atoms with van der Waals surface area (Å²) in [5.74, 6) is 8.72. The molecule has 1 aromatic carbocycles. The van der Waals surface area contributed by atoms with Gasteiger partial charge in [-0.05, 0) is 13.8 Å². The van der Waals surface area contributed by atoms with Crippen LogP contribution >= 0.6 is 0 Å². The Morgan fingerprint density at radius 3 is 2.05 bits per heavy atom. The summed E-state index contributed by atoms with van der Waals surface area (Å²) < 4.78 is 10.5. The highest BCUT2D eigenvalue weighted by Crippen LogP contribution is 2.29. The molecule has 1 aromatic heterocycles. The first-order chi connectivity index (χ1) is 10.1. The van der Waals surface area contributed by atoms with E-state index in [1.807, 2.05) is 19.1 Å². The molecule has 2 rings (SSSR count). The summed E-state index contributed by atoms with van der Waals surface area (Å²) in [7, 11) is 3.21. The molecule has 0 atom stereocenters. The fraction of sp³-hybridized carbons (Fsp3) is 0.286. The van der Waals surface area contributed by atoms with Crippen LogP contribution in [0.25, 0.3) is 0 Å². The topological polar surface area (TPSA) is 94.3 Å². The molecule has 0 aliphatic heterocycles. The third-order valence-corrected chi connectivity index (χ3v) is 3.01. The summed E-state index contributed by atoms with van der Waals surface area (Å²) in [6.07, 6.45) is 0. The lowest BCUT2D eigenvalue weighted by Crippen LogP contribution is -2.13. The van der Waals surface area contributed by atoms with Crippen LogP contribution in [0.4, 0.5) is 17.3 Å². The Labute approximate surface area is 123 Å². The second kappa shape index (κ2) is 6.27. The molecule has 0 amide bonds. The maximum absolute atomic E-state index is 5.47. The van der Waals surface area contributed by atoms with E-state index in [1.165, 1.54) is 0 Å². The van der Waals surface area contributed by atoms with Crippen molar-refractivity contribution in [2.75, 3.05) is 25.0 Å². The van der Waals surface area contributed by atoms with Gasteiger partial charge in [-0.1, -0.05) is 0 Å². The number of nitrogen functional groups attached to an aromatic ring is 1. The fourth-order valence-corrected chi connectivity index (χ4v) is 1.91. The first-order valence-corrected chi connectivity index (χ1v) is 6.39. The van der Waals surface area contributed by atoms with Gasteiger partial charge in [-0.3, -0.25) is 0 Å². The zero-order chi connectivity index (χ0) is 15.4. The Morgan fingerprint density at radius 2 is 1.52 bits per heavy atom. The highest BCUT2D eigenvalue weighted by molar-refractivity contribution is 5.66. The third kappa shape index (κ3) is 3.32. The third-order valence-electron chi connectivity index (χ3n) is 3.01. The standard InChI is InChI=1S/C14H19N5O2/c1-8-13(16-9(2)17-14(8)19-15)18-10-5-11(20-3)7-12(6-10)21-4/h5-7H,15H2,1-4H3,(H2,16,17,18,19). The minimum Gasteiger partial charge on any atom is -0.497 e. The van der Waals surface area contributed by atoms with Gasteiger partial charge in [0.15, 0.2) is 0 Å². The van der Waals surface area contributed by atoms with Gasteiger partial charge in [-0.25, -0.2) is 15.8 Å². The largest absolute Gasteiger partial charge is 0.497 e. The van der Waals surface area contributed by atoms with E-state index < -0.39 is 0 Å². The summed E-state index contributed by atoms with van der Waals surface area (Å²) in [6, 6.07) is 5.51. The lowest BCUT2D eigenvalue weighted by molar-refractivity contribution is 0.395. The summed E-state index contributed by atoms with van der Waals surface area (Å²) in [4.78, 5) is 8.61. The molecule has 7 heteroatoms. The van der Waals surface area contributed by atoms with Gasteiger partial charge in [-0.2, -0.15) is 0 Å². The van der Waals surface area contributed by atoms with E-state index in [-0.39, 0.29) is 0 Å². The van der Waals surface area contributed by atoms with Gasteiger partial charge >= 0.3 is 0 Å². The van der Waals surface area contributed by atoms with Crippen molar-refractivity contribution < 1.29 is 9.47 Å². The van der Waals surface area contributed by atoms with Crippen LogP contribution in [0.5, 0.6) is 11.5 Å². The number of rotatable bonds is 5. The Kier molecular flexibility index (Phi) is 4.44. The van der Waals surface area contributed by atoms with E-state index in [9.17, 15) is 0 Å². The number of nitrogens with one attached hydrogen (secondary N) is 2. The normalized spacial score (nSPS) is 10.1.